The van der Waals surface area contributed by atoms with Crippen LogP contribution in [0.5, 0.6) is 5.75 Å². The molecule has 2 heteroatoms. The molecule has 0 radical (unpaired) electrons. The van der Waals surface area contributed by atoms with Crippen molar-refractivity contribution >= 4 is 29.7 Å². The van der Waals surface area contributed by atoms with E-state index in [0.29, 0.717) is 0 Å². The lowest BCUT2D eigenvalue weighted by Gasteiger charge is -2.26. The van der Waals surface area contributed by atoms with Crippen LogP contribution in [0.25, 0.3) is 12.7 Å². The molecular formula is C24H23NO. The Morgan fingerprint density at radius 3 is 1.92 bits per heavy atom. The molecule has 0 heterocycles. The highest BCUT2D eigenvalue weighted by Gasteiger charge is 2.14. The van der Waals surface area contributed by atoms with E-state index < -0.39 is 0 Å². The number of para-hydroxylation sites is 2. The molecule has 3 rings (SSSR count). The van der Waals surface area contributed by atoms with Gasteiger partial charge in [0, 0.05) is 21.8 Å². The SMILES string of the molecule is C=c1c(OC)ccc(N(c2ccccc2)c2ccccc2)/c1=C/C=C\C. The lowest BCUT2D eigenvalue weighted by atomic mass is 10.1. The summed E-state index contributed by atoms with van der Waals surface area (Å²) in [5.41, 5.74) is 3.25. The van der Waals surface area contributed by atoms with Gasteiger partial charge in [0.15, 0.2) is 0 Å². The first-order valence-corrected chi connectivity index (χ1v) is 8.65. The van der Waals surface area contributed by atoms with Crippen LogP contribution >= 0.6 is 0 Å². The van der Waals surface area contributed by atoms with E-state index in [0.717, 1.165) is 33.2 Å². The Hall–Kier alpha value is -3.26. The zero-order chi connectivity index (χ0) is 18.4. The van der Waals surface area contributed by atoms with Crippen LogP contribution in [0, 0.1) is 0 Å². The van der Waals surface area contributed by atoms with Crippen LogP contribution in [-0.4, -0.2) is 7.11 Å². The van der Waals surface area contributed by atoms with Crippen molar-refractivity contribution < 1.29 is 4.74 Å². The van der Waals surface area contributed by atoms with Crippen molar-refractivity contribution in [2.75, 3.05) is 12.0 Å². The molecule has 0 fully saturated rings. The van der Waals surface area contributed by atoms with Gasteiger partial charge in [0.1, 0.15) is 5.75 Å². The summed E-state index contributed by atoms with van der Waals surface area (Å²) in [4.78, 5) is 2.24. The quantitative estimate of drug-likeness (QED) is 0.652. The molecule has 0 saturated heterocycles. The maximum atomic E-state index is 5.49. The second kappa shape index (κ2) is 8.21. The van der Waals surface area contributed by atoms with E-state index >= 15 is 0 Å². The van der Waals surface area contributed by atoms with Crippen molar-refractivity contribution in [3.63, 3.8) is 0 Å². The molecule has 2 nitrogen and oxygen atoms in total. The van der Waals surface area contributed by atoms with Crippen molar-refractivity contribution in [2.24, 2.45) is 0 Å². The molecule has 0 atom stereocenters. The molecular weight excluding hydrogens is 318 g/mol. The molecule has 0 spiro atoms. The van der Waals surface area contributed by atoms with E-state index in [4.69, 9.17) is 4.74 Å². The Balaban J connectivity index is 2.32. The Kier molecular flexibility index (Phi) is 5.55. The van der Waals surface area contributed by atoms with E-state index in [1.54, 1.807) is 7.11 Å². The van der Waals surface area contributed by atoms with E-state index in [1.165, 1.54) is 0 Å². The van der Waals surface area contributed by atoms with E-state index in [1.807, 2.05) is 37.3 Å². The third-order valence-electron chi connectivity index (χ3n) is 4.24. The first-order chi connectivity index (χ1) is 12.8. The lowest BCUT2D eigenvalue weighted by Crippen LogP contribution is -2.30. The number of hydrogen-bond acceptors (Lipinski definition) is 2. The van der Waals surface area contributed by atoms with Gasteiger partial charge in [-0.1, -0.05) is 61.2 Å². The smallest absolute Gasteiger partial charge is 0.126 e. The minimum atomic E-state index is 0.783. The molecule has 0 unspecified atom stereocenters. The number of nitrogens with zero attached hydrogens (tertiary/aromatic N) is 1. The van der Waals surface area contributed by atoms with Gasteiger partial charge in [-0.3, -0.25) is 0 Å². The Bertz CT molecular complexity index is 952. The molecule has 26 heavy (non-hydrogen) atoms. The molecule has 3 aromatic carbocycles. The van der Waals surface area contributed by atoms with Crippen LogP contribution in [0.3, 0.4) is 0 Å². The van der Waals surface area contributed by atoms with Gasteiger partial charge in [-0.25, -0.2) is 0 Å². The molecule has 0 saturated carbocycles. The monoisotopic (exact) mass is 341 g/mol. The average Bonchev–Trinajstić information content (AvgIpc) is 2.69. The minimum Gasteiger partial charge on any atom is -0.496 e. The first-order valence-electron chi connectivity index (χ1n) is 8.65. The normalized spacial score (nSPS) is 11.7. The molecule has 3 aromatic rings. The maximum absolute atomic E-state index is 5.49. The Morgan fingerprint density at radius 2 is 1.42 bits per heavy atom. The highest BCUT2D eigenvalue weighted by molar-refractivity contribution is 5.78. The van der Waals surface area contributed by atoms with E-state index in [2.05, 4.69) is 72.2 Å². The number of ether oxygens (including phenoxy) is 1. The second-order valence-electron chi connectivity index (χ2n) is 5.88. The van der Waals surface area contributed by atoms with Gasteiger partial charge < -0.3 is 9.64 Å². The van der Waals surface area contributed by atoms with E-state index in [-0.39, 0.29) is 0 Å². The predicted octanol–water partition coefficient (Wildman–Crippen LogP) is 4.93. The fourth-order valence-electron chi connectivity index (χ4n) is 2.98. The topological polar surface area (TPSA) is 12.5 Å². The number of benzene rings is 3. The molecule has 0 aromatic heterocycles. The average molecular weight is 341 g/mol. The Morgan fingerprint density at radius 1 is 0.846 bits per heavy atom. The molecule has 0 aliphatic heterocycles. The molecule has 130 valence electrons. The summed E-state index contributed by atoms with van der Waals surface area (Å²) in [6.45, 7) is 6.26. The number of allylic oxidation sites excluding steroid dienone is 2. The van der Waals surface area contributed by atoms with Crippen molar-refractivity contribution in [3.05, 3.63) is 95.4 Å². The summed E-state index contributed by atoms with van der Waals surface area (Å²) in [6.07, 6.45) is 6.12. The van der Waals surface area contributed by atoms with Gasteiger partial charge in [0.2, 0.25) is 0 Å². The number of rotatable bonds is 5. The third-order valence-corrected chi connectivity index (χ3v) is 4.24. The molecule has 0 amide bonds. The Labute approximate surface area is 155 Å². The number of anilines is 3. The van der Waals surface area contributed by atoms with E-state index in [9.17, 15) is 0 Å². The summed E-state index contributed by atoms with van der Waals surface area (Å²) < 4.78 is 5.49. The van der Waals surface area contributed by atoms with Crippen molar-refractivity contribution in [3.8, 4) is 5.75 Å². The fourth-order valence-corrected chi connectivity index (χ4v) is 2.98. The molecule has 0 aliphatic carbocycles. The molecule has 0 bridgehead atoms. The maximum Gasteiger partial charge on any atom is 0.126 e. The van der Waals surface area contributed by atoms with Gasteiger partial charge in [-0.05, 0) is 43.3 Å². The highest BCUT2D eigenvalue weighted by atomic mass is 16.5. The van der Waals surface area contributed by atoms with Crippen LogP contribution < -0.4 is 20.1 Å². The fraction of sp³-hybridized carbons (Fsp3) is 0.0833. The minimum absolute atomic E-state index is 0.783. The zero-order valence-electron chi connectivity index (χ0n) is 15.2. The zero-order valence-corrected chi connectivity index (χ0v) is 15.2. The van der Waals surface area contributed by atoms with Gasteiger partial charge in [-0.2, -0.15) is 0 Å². The van der Waals surface area contributed by atoms with Crippen LogP contribution in [-0.2, 0) is 0 Å². The van der Waals surface area contributed by atoms with Crippen LogP contribution in [0.15, 0.2) is 84.9 Å². The highest BCUT2D eigenvalue weighted by Crippen LogP contribution is 2.32. The van der Waals surface area contributed by atoms with Crippen molar-refractivity contribution in [1.29, 1.82) is 0 Å². The van der Waals surface area contributed by atoms with Gasteiger partial charge >= 0.3 is 0 Å². The number of methoxy groups -OCH3 is 1. The predicted molar refractivity (Wildman–Crippen MR) is 112 cm³/mol. The van der Waals surface area contributed by atoms with Gasteiger partial charge in [0.25, 0.3) is 0 Å². The van der Waals surface area contributed by atoms with Crippen LogP contribution in [0.2, 0.25) is 0 Å². The molecule has 0 aliphatic rings. The summed E-state index contributed by atoms with van der Waals surface area (Å²) in [6, 6.07) is 24.8. The number of hydrogen-bond donors (Lipinski definition) is 0. The second-order valence-corrected chi connectivity index (χ2v) is 5.88. The van der Waals surface area contributed by atoms with Gasteiger partial charge in [0.05, 0.1) is 12.8 Å². The summed E-state index contributed by atoms with van der Waals surface area (Å²) >= 11 is 0. The van der Waals surface area contributed by atoms with Crippen molar-refractivity contribution in [2.45, 2.75) is 6.92 Å². The largest absolute Gasteiger partial charge is 0.496 e. The lowest BCUT2D eigenvalue weighted by molar-refractivity contribution is 0.411. The summed E-state index contributed by atoms with van der Waals surface area (Å²) in [5, 5.41) is 1.91. The van der Waals surface area contributed by atoms with Gasteiger partial charge in [-0.15, -0.1) is 0 Å². The summed E-state index contributed by atoms with van der Waals surface area (Å²) in [5.74, 6) is 0.783. The van der Waals surface area contributed by atoms with Crippen LogP contribution in [0.4, 0.5) is 17.1 Å². The molecule has 0 N–H and O–H groups in total. The first kappa shape index (κ1) is 17.6. The summed E-state index contributed by atoms with van der Waals surface area (Å²) in [7, 11) is 1.68. The van der Waals surface area contributed by atoms with Crippen LogP contribution in [0.1, 0.15) is 6.92 Å². The van der Waals surface area contributed by atoms with Crippen molar-refractivity contribution in [1.82, 2.24) is 0 Å². The third kappa shape index (κ3) is 3.55. The standard InChI is InChI=1S/C24H23NO/c1-4-5-16-22-19(2)24(26-3)18-17-23(22)25(20-12-8-6-9-13-20)21-14-10-7-11-15-21/h4-18H,2H2,1,3H3/b5-4-,22-16+.